The summed E-state index contributed by atoms with van der Waals surface area (Å²) in [6, 6.07) is 8.47. The quantitative estimate of drug-likeness (QED) is 0.761. The number of nitrogens with two attached hydrogens (primary N) is 1. The van der Waals surface area contributed by atoms with Crippen LogP contribution in [-0.4, -0.2) is 6.61 Å². The normalized spacial score (nSPS) is 12.8. The number of unbranched alkanes of at least 4 members (excludes halogenated alkanes) is 1. The first-order valence-electron chi connectivity index (χ1n) is 7.26. The van der Waals surface area contributed by atoms with Crippen molar-refractivity contribution in [3.05, 3.63) is 29.3 Å². The van der Waals surface area contributed by atoms with Crippen molar-refractivity contribution in [1.82, 2.24) is 0 Å². The molecule has 0 fully saturated rings. The fraction of sp³-hybridized carbons (Fsp3) is 0.588. The van der Waals surface area contributed by atoms with E-state index in [0.29, 0.717) is 6.61 Å². The lowest BCUT2D eigenvalue weighted by molar-refractivity contribution is 0.293. The second kappa shape index (κ2) is 7.31. The van der Waals surface area contributed by atoms with Gasteiger partial charge in [0.25, 0.3) is 0 Å². The van der Waals surface area contributed by atoms with Gasteiger partial charge >= 0.3 is 0 Å². The Balaban J connectivity index is 2.38. The molecule has 1 atom stereocenters. The van der Waals surface area contributed by atoms with Crippen LogP contribution >= 0.6 is 0 Å². The number of aryl methyl sites for hydroxylation is 1. The molecule has 20 heavy (non-hydrogen) atoms. The number of nitrogens with zero attached hydrogens (tertiary/aromatic N) is 1. The highest BCUT2D eigenvalue weighted by molar-refractivity contribution is 5.37. The van der Waals surface area contributed by atoms with E-state index >= 15 is 0 Å². The molecule has 110 valence electrons. The Morgan fingerprint density at radius 2 is 2.05 bits per heavy atom. The van der Waals surface area contributed by atoms with Gasteiger partial charge in [-0.1, -0.05) is 12.1 Å². The third-order valence-corrected chi connectivity index (χ3v) is 3.48. The first-order chi connectivity index (χ1) is 9.35. The van der Waals surface area contributed by atoms with Gasteiger partial charge in [0.2, 0.25) is 0 Å². The van der Waals surface area contributed by atoms with Crippen LogP contribution in [0.5, 0.6) is 5.75 Å². The monoisotopic (exact) mass is 274 g/mol. The van der Waals surface area contributed by atoms with Gasteiger partial charge in [-0.15, -0.1) is 0 Å². The third-order valence-electron chi connectivity index (χ3n) is 3.48. The minimum Gasteiger partial charge on any atom is -0.493 e. The van der Waals surface area contributed by atoms with E-state index < -0.39 is 0 Å². The van der Waals surface area contributed by atoms with Crippen LogP contribution in [0.3, 0.4) is 0 Å². The highest BCUT2D eigenvalue weighted by Gasteiger charge is 2.15. The van der Waals surface area contributed by atoms with Gasteiger partial charge in [0.1, 0.15) is 5.75 Å². The van der Waals surface area contributed by atoms with Crippen molar-refractivity contribution in [2.45, 2.75) is 53.0 Å². The summed E-state index contributed by atoms with van der Waals surface area (Å²) in [4.78, 5) is 0. The number of ether oxygens (including phenoxy) is 1. The molecular weight excluding hydrogens is 248 g/mol. The van der Waals surface area contributed by atoms with Crippen molar-refractivity contribution < 1.29 is 4.74 Å². The van der Waals surface area contributed by atoms with Crippen LogP contribution in [0.2, 0.25) is 0 Å². The molecule has 0 amide bonds. The Bertz CT molecular complexity index is 472. The Morgan fingerprint density at radius 1 is 1.35 bits per heavy atom. The van der Waals surface area contributed by atoms with E-state index in [2.05, 4.69) is 12.1 Å². The fourth-order valence-electron chi connectivity index (χ4n) is 2.02. The van der Waals surface area contributed by atoms with Crippen molar-refractivity contribution >= 4 is 0 Å². The molecule has 0 saturated heterocycles. The van der Waals surface area contributed by atoms with E-state index in [0.717, 1.165) is 36.1 Å². The Kier molecular flexibility index (Phi) is 6.04. The average Bonchev–Trinajstić information content (AvgIpc) is 2.39. The van der Waals surface area contributed by atoms with Crippen LogP contribution in [0, 0.1) is 23.7 Å². The van der Waals surface area contributed by atoms with Crippen LogP contribution < -0.4 is 10.5 Å². The largest absolute Gasteiger partial charge is 0.493 e. The molecule has 1 rings (SSSR count). The summed E-state index contributed by atoms with van der Waals surface area (Å²) in [6.45, 7) is 8.67. The van der Waals surface area contributed by atoms with E-state index in [1.807, 2.05) is 39.8 Å². The molecule has 1 aromatic carbocycles. The predicted molar refractivity (Wildman–Crippen MR) is 82.5 cm³/mol. The van der Waals surface area contributed by atoms with Crippen molar-refractivity contribution in [2.24, 2.45) is 11.1 Å². The SMILES string of the molecule is Cc1cc([C@H](C)N)ccc1OCCCCC(C)(C)C#N. The Labute approximate surface area is 122 Å². The van der Waals surface area contributed by atoms with E-state index in [-0.39, 0.29) is 11.5 Å². The topological polar surface area (TPSA) is 59.0 Å². The van der Waals surface area contributed by atoms with Crippen LogP contribution in [0.25, 0.3) is 0 Å². The second-order valence-electron chi connectivity index (χ2n) is 6.11. The van der Waals surface area contributed by atoms with Gasteiger partial charge in [-0.2, -0.15) is 5.26 Å². The lowest BCUT2D eigenvalue weighted by atomic mass is 9.89. The zero-order valence-corrected chi connectivity index (χ0v) is 13.1. The molecule has 0 bridgehead atoms. The van der Waals surface area contributed by atoms with Gasteiger partial charge in [0.05, 0.1) is 18.1 Å². The maximum absolute atomic E-state index is 8.94. The number of hydrogen-bond donors (Lipinski definition) is 1. The number of hydrogen-bond acceptors (Lipinski definition) is 3. The average molecular weight is 274 g/mol. The van der Waals surface area contributed by atoms with Crippen LogP contribution in [-0.2, 0) is 0 Å². The predicted octanol–water partition coefficient (Wildman–Crippen LogP) is 4.11. The van der Waals surface area contributed by atoms with Gasteiger partial charge < -0.3 is 10.5 Å². The van der Waals surface area contributed by atoms with E-state index in [1.54, 1.807) is 0 Å². The maximum atomic E-state index is 8.94. The molecule has 0 saturated carbocycles. The molecule has 0 aliphatic heterocycles. The lowest BCUT2D eigenvalue weighted by Crippen LogP contribution is -2.09. The smallest absolute Gasteiger partial charge is 0.122 e. The summed E-state index contributed by atoms with van der Waals surface area (Å²) in [7, 11) is 0. The maximum Gasteiger partial charge on any atom is 0.122 e. The molecule has 2 N–H and O–H groups in total. The molecule has 0 aliphatic carbocycles. The van der Waals surface area contributed by atoms with Gasteiger partial charge in [-0.05, 0) is 64.2 Å². The second-order valence-corrected chi connectivity index (χ2v) is 6.11. The van der Waals surface area contributed by atoms with Crippen LogP contribution in [0.4, 0.5) is 0 Å². The first-order valence-corrected chi connectivity index (χ1v) is 7.26. The Hall–Kier alpha value is -1.53. The zero-order valence-electron chi connectivity index (χ0n) is 13.1. The molecule has 0 heterocycles. The number of nitriles is 1. The zero-order chi connectivity index (χ0) is 15.2. The van der Waals surface area contributed by atoms with Gasteiger partial charge in [0, 0.05) is 6.04 Å². The summed E-state index contributed by atoms with van der Waals surface area (Å²) >= 11 is 0. The lowest BCUT2D eigenvalue weighted by Gasteiger charge is -2.15. The highest BCUT2D eigenvalue weighted by Crippen LogP contribution is 2.24. The van der Waals surface area contributed by atoms with E-state index in [1.165, 1.54) is 0 Å². The molecule has 0 unspecified atom stereocenters. The van der Waals surface area contributed by atoms with E-state index in [9.17, 15) is 0 Å². The summed E-state index contributed by atoms with van der Waals surface area (Å²) < 4.78 is 5.80. The van der Waals surface area contributed by atoms with Crippen molar-refractivity contribution in [3.63, 3.8) is 0 Å². The van der Waals surface area contributed by atoms with Gasteiger partial charge in [-0.25, -0.2) is 0 Å². The Morgan fingerprint density at radius 3 is 2.60 bits per heavy atom. The fourth-order valence-corrected chi connectivity index (χ4v) is 2.02. The summed E-state index contributed by atoms with van der Waals surface area (Å²) in [6.07, 6.45) is 2.90. The molecule has 1 aromatic rings. The van der Waals surface area contributed by atoms with Gasteiger partial charge in [0.15, 0.2) is 0 Å². The molecule has 0 aromatic heterocycles. The van der Waals surface area contributed by atoms with Crippen LogP contribution in [0.1, 0.15) is 57.2 Å². The molecule has 0 spiro atoms. The number of rotatable bonds is 7. The van der Waals surface area contributed by atoms with E-state index in [4.69, 9.17) is 15.7 Å². The van der Waals surface area contributed by atoms with Gasteiger partial charge in [-0.3, -0.25) is 0 Å². The van der Waals surface area contributed by atoms with Crippen molar-refractivity contribution in [3.8, 4) is 11.8 Å². The summed E-state index contributed by atoms with van der Waals surface area (Å²) in [5, 5.41) is 8.94. The molecule has 3 nitrogen and oxygen atoms in total. The first kappa shape index (κ1) is 16.5. The summed E-state index contributed by atoms with van der Waals surface area (Å²) in [5.41, 5.74) is 7.88. The van der Waals surface area contributed by atoms with Crippen molar-refractivity contribution in [1.29, 1.82) is 5.26 Å². The number of benzene rings is 1. The molecule has 3 heteroatoms. The summed E-state index contributed by atoms with van der Waals surface area (Å²) in [5.74, 6) is 0.925. The van der Waals surface area contributed by atoms with Crippen molar-refractivity contribution in [2.75, 3.05) is 6.61 Å². The minimum atomic E-state index is -0.227. The minimum absolute atomic E-state index is 0.0518. The highest BCUT2D eigenvalue weighted by atomic mass is 16.5. The molecule has 0 radical (unpaired) electrons. The third kappa shape index (κ3) is 5.22. The van der Waals surface area contributed by atoms with Crippen LogP contribution in [0.15, 0.2) is 18.2 Å². The standard InChI is InChI=1S/C17H26N2O/c1-13-11-15(14(2)19)7-8-16(13)20-10-6-5-9-17(3,4)12-18/h7-8,11,14H,5-6,9-10,19H2,1-4H3/t14-/m0/s1. The molecule has 0 aliphatic rings. The molecular formula is C17H26N2O.